The van der Waals surface area contributed by atoms with Crippen LogP contribution in [0.5, 0.6) is 0 Å². The molecule has 0 N–H and O–H groups in total. The molecule has 0 spiro atoms. The van der Waals surface area contributed by atoms with Crippen LogP contribution in [0.2, 0.25) is 0 Å². The number of hydrogen-bond acceptors (Lipinski definition) is 0. The molecule has 0 aromatic rings. The average molecular weight is 271 g/mol. The fourth-order valence-electron chi connectivity index (χ4n) is 1.26. The van der Waals surface area contributed by atoms with Crippen molar-refractivity contribution in [2.75, 3.05) is 5.33 Å². The Morgan fingerprint density at radius 1 is 1.07 bits per heavy atom. The molecule has 0 aliphatic heterocycles. The lowest BCUT2D eigenvalue weighted by atomic mass is 10.1. The minimum atomic E-state index is 1.06. The molecule has 0 aromatic heterocycles. The summed E-state index contributed by atoms with van der Waals surface area (Å²) in [5.41, 5.74) is 0. The number of alkyl halides is 1. The molecule has 86 valence electrons. The van der Waals surface area contributed by atoms with Gasteiger partial charge >= 0.3 is 0 Å². The Morgan fingerprint density at radius 2 is 1.87 bits per heavy atom. The van der Waals surface area contributed by atoms with Crippen molar-refractivity contribution < 1.29 is 0 Å². The third kappa shape index (κ3) is 13.8. The number of halogens is 1. The van der Waals surface area contributed by atoms with E-state index in [4.69, 9.17) is 0 Å². The van der Waals surface area contributed by atoms with Gasteiger partial charge in [-0.3, -0.25) is 0 Å². The molecule has 0 bridgehead atoms. The Morgan fingerprint density at radius 3 is 2.60 bits per heavy atom. The molecule has 0 aliphatic carbocycles. The van der Waals surface area contributed by atoms with E-state index >= 15 is 0 Å². The molecule has 0 saturated heterocycles. The molecule has 15 heavy (non-hydrogen) atoms. The lowest BCUT2D eigenvalue weighted by Gasteiger charge is -1.93. The lowest BCUT2D eigenvalue weighted by Crippen LogP contribution is -1.77. The Labute approximate surface area is 104 Å². The van der Waals surface area contributed by atoms with E-state index in [0.717, 1.165) is 11.8 Å². The van der Waals surface area contributed by atoms with E-state index in [9.17, 15) is 0 Å². The van der Waals surface area contributed by atoms with Crippen molar-refractivity contribution in [2.24, 2.45) is 0 Å². The summed E-state index contributed by atoms with van der Waals surface area (Å²) in [5.74, 6) is 6.29. The highest BCUT2D eigenvalue weighted by Crippen LogP contribution is 2.03. The first-order chi connectivity index (χ1) is 7.41. The average Bonchev–Trinajstić information content (AvgIpc) is 2.26. The molecule has 0 radical (unpaired) electrons. The predicted molar refractivity (Wildman–Crippen MR) is 73.3 cm³/mol. The molecule has 1 heteroatoms. The molecule has 0 atom stereocenters. The monoisotopic (exact) mass is 270 g/mol. The van der Waals surface area contributed by atoms with Crippen molar-refractivity contribution >= 4 is 15.9 Å². The van der Waals surface area contributed by atoms with Crippen LogP contribution in [0.1, 0.15) is 58.3 Å². The molecular formula is C14H23Br. The Hall–Kier alpha value is -0.220. The summed E-state index contributed by atoms with van der Waals surface area (Å²) in [5, 5.41) is 1.14. The van der Waals surface area contributed by atoms with Gasteiger partial charge in [0.15, 0.2) is 0 Å². The summed E-state index contributed by atoms with van der Waals surface area (Å²) >= 11 is 3.44. The first kappa shape index (κ1) is 14.8. The standard InChI is InChI=1S/C14H23Br/c1-2-3-4-5-6-7-8-9-10-11-12-13-14-15/h5-6H,2-4,9-14H2,1H3/b6-5-. The van der Waals surface area contributed by atoms with Gasteiger partial charge in [-0.1, -0.05) is 66.5 Å². The maximum absolute atomic E-state index is 3.44. The van der Waals surface area contributed by atoms with Crippen LogP contribution in [0, 0.1) is 11.8 Å². The van der Waals surface area contributed by atoms with Gasteiger partial charge in [0, 0.05) is 11.8 Å². The van der Waals surface area contributed by atoms with Gasteiger partial charge in [0.2, 0.25) is 0 Å². The number of rotatable bonds is 8. The van der Waals surface area contributed by atoms with Crippen LogP contribution < -0.4 is 0 Å². The maximum atomic E-state index is 3.44. The van der Waals surface area contributed by atoms with E-state index in [1.54, 1.807) is 0 Å². The third-order valence-electron chi connectivity index (χ3n) is 2.21. The SMILES string of the molecule is CCCC/C=C\C#CCCCCCCBr. The predicted octanol–water partition coefficient (Wildman–Crippen LogP) is 5.08. The maximum Gasteiger partial charge on any atom is 0.00922 e. The first-order valence-corrected chi connectivity index (χ1v) is 7.23. The summed E-state index contributed by atoms with van der Waals surface area (Å²) in [6.07, 6.45) is 14.2. The van der Waals surface area contributed by atoms with E-state index < -0.39 is 0 Å². The second kappa shape index (κ2) is 13.8. The molecule has 0 aliphatic rings. The van der Waals surface area contributed by atoms with E-state index in [-0.39, 0.29) is 0 Å². The third-order valence-corrected chi connectivity index (χ3v) is 2.77. The van der Waals surface area contributed by atoms with Crippen LogP contribution >= 0.6 is 15.9 Å². The molecule has 0 aromatic carbocycles. The smallest absolute Gasteiger partial charge is 0.00922 e. The quantitative estimate of drug-likeness (QED) is 0.328. The zero-order chi connectivity index (χ0) is 11.2. The molecule has 0 saturated carbocycles. The Balaban J connectivity index is 3.19. The van der Waals surface area contributed by atoms with Crippen LogP contribution in [0.15, 0.2) is 12.2 Å². The van der Waals surface area contributed by atoms with Crippen molar-refractivity contribution in [3.05, 3.63) is 12.2 Å². The van der Waals surface area contributed by atoms with Gasteiger partial charge < -0.3 is 0 Å². The highest BCUT2D eigenvalue weighted by Gasteiger charge is 1.85. The summed E-state index contributed by atoms with van der Waals surface area (Å²) in [4.78, 5) is 0. The number of unbranched alkanes of at least 4 members (excludes halogenated alkanes) is 6. The fourth-order valence-corrected chi connectivity index (χ4v) is 1.65. The minimum absolute atomic E-state index is 1.06. The fraction of sp³-hybridized carbons (Fsp3) is 0.714. The normalized spacial score (nSPS) is 10.3. The summed E-state index contributed by atoms with van der Waals surface area (Å²) < 4.78 is 0. The van der Waals surface area contributed by atoms with Crippen molar-refractivity contribution in [2.45, 2.75) is 58.3 Å². The van der Waals surface area contributed by atoms with Crippen LogP contribution in [0.3, 0.4) is 0 Å². The van der Waals surface area contributed by atoms with Gasteiger partial charge in [-0.25, -0.2) is 0 Å². The van der Waals surface area contributed by atoms with Gasteiger partial charge in [-0.15, -0.1) is 0 Å². The highest BCUT2D eigenvalue weighted by molar-refractivity contribution is 9.09. The van der Waals surface area contributed by atoms with E-state index in [0.29, 0.717) is 0 Å². The van der Waals surface area contributed by atoms with Crippen LogP contribution in [-0.2, 0) is 0 Å². The highest BCUT2D eigenvalue weighted by atomic mass is 79.9. The molecule has 0 nitrogen and oxygen atoms in total. The number of hydrogen-bond donors (Lipinski definition) is 0. The molecule has 0 fully saturated rings. The zero-order valence-electron chi connectivity index (χ0n) is 9.90. The van der Waals surface area contributed by atoms with Gasteiger partial charge in [-0.05, 0) is 25.3 Å². The Bertz CT molecular complexity index is 195. The van der Waals surface area contributed by atoms with E-state index in [1.165, 1.54) is 44.9 Å². The lowest BCUT2D eigenvalue weighted by molar-refractivity contribution is 0.685. The number of allylic oxidation sites excluding steroid dienone is 2. The van der Waals surface area contributed by atoms with E-state index in [2.05, 4.69) is 40.8 Å². The topological polar surface area (TPSA) is 0 Å². The summed E-state index contributed by atoms with van der Waals surface area (Å²) in [7, 11) is 0. The van der Waals surface area contributed by atoms with Gasteiger partial charge in [0.05, 0.1) is 0 Å². The minimum Gasteiger partial charge on any atom is -0.0985 e. The molecule has 0 unspecified atom stereocenters. The van der Waals surface area contributed by atoms with Gasteiger partial charge in [0.1, 0.15) is 0 Å². The van der Waals surface area contributed by atoms with Crippen molar-refractivity contribution in [1.29, 1.82) is 0 Å². The van der Waals surface area contributed by atoms with Gasteiger partial charge in [0.25, 0.3) is 0 Å². The van der Waals surface area contributed by atoms with Crippen LogP contribution in [-0.4, -0.2) is 5.33 Å². The summed E-state index contributed by atoms with van der Waals surface area (Å²) in [6.45, 7) is 2.21. The molecular weight excluding hydrogens is 248 g/mol. The van der Waals surface area contributed by atoms with Crippen LogP contribution in [0.4, 0.5) is 0 Å². The van der Waals surface area contributed by atoms with Crippen molar-refractivity contribution in [1.82, 2.24) is 0 Å². The second-order valence-electron chi connectivity index (χ2n) is 3.72. The molecule has 0 amide bonds. The molecule has 0 heterocycles. The van der Waals surface area contributed by atoms with Crippen molar-refractivity contribution in [3.8, 4) is 11.8 Å². The summed E-state index contributed by atoms with van der Waals surface area (Å²) in [6, 6.07) is 0. The van der Waals surface area contributed by atoms with Crippen LogP contribution in [0.25, 0.3) is 0 Å². The zero-order valence-corrected chi connectivity index (χ0v) is 11.5. The first-order valence-electron chi connectivity index (χ1n) is 6.11. The largest absolute Gasteiger partial charge is 0.0985 e. The second-order valence-corrected chi connectivity index (χ2v) is 4.51. The van der Waals surface area contributed by atoms with Crippen molar-refractivity contribution in [3.63, 3.8) is 0 Å². The molecule has 0 rings (SSSR count). The Kier molecular flexibility index (Phi) is 13.6. The van der Waals surface area contributed by atoms with E-state index in [1.807, 2.05) is 6.08 Å². The van der Waals surface area contributed by atoms with Gasteiger partial charge in [-0.2, -0.15) is 0 Å².